The van der Waals surface area contributed by atoms with Gasteiger partial charge in [0.15, 0.2) is 5.82 Å². The van der Waals surface area contributed by atoms with Gasteiger partial charge >= 0.3 is 0 Å². The molecule has 1 saturated heterocycles. The van der Waals surface area contributed by atoms with E-state index >= 15 is 0 Å². The molecule has 1 aliphatic heterocycles. The molecule has 94 valence electrons. The van der Waals surface area contributed by atoms with Gasteiger partial charge in [-0.05, 0) is 5.92 Å². The first-order chi connectivity index (χ1) is 8.08. The SMILES string of the molecule is CC1CN(c2ncnc(N)c2Cl)CCS(=O)C1. The Morgan fingerprint density at radius 3 is 3.12 bits per heavy atom. The van der Waals surface area contributed by atoms with Gasteiger partial charge in [-0.1, -0.05) is 18.5 Å². The van der Waals surface area contributed by atoms with E-state index in [0.29, 0.717) is 29.1 Å². The van der Waals surface area contributed by atoms with E-state index < -0.39 is 10.8 Å². The molecule has 0 aromatic carbocycles. The van der Waals surface area contributed by atoms with Crippen molar-refractivity contribution >= 4 is 34.0 Å². The second-order valence-corrected chi connectivity index (χ2v) is 6.26. The number of aromatic nitrogens is 2. The molecule has 1 aromatic rings. The van der Waals surface area contributed by atoms with E-state index in [2.05, 4.69) is 16.9 Å². The molecule has 5 nitrogen and oxygen atoms in total. The molecule has 2 rings (SSSR count). The minimum absolute atomic E-state index is 0.287. The van der Waals surface area contributed by atoms with Crippen molar-refractivity contribution in [3.05, 3.63) is 11.3 Å². The van der Waals surface area contributed by atoms with Gasteiger partial charge in [0, 0.05) is 35.4 Å². The fourth-order valence-corrected chi connectivity index (χ4v) is 3.47. The van der Waals surface area contributed by atoms with Gasteiger partial charge < -0.3 is 10.6 Å². The van der Waals surface area contributed by atoms with E-state index in [1.807, 2.05) is 4.90 Å². The summed E-state index contributed by atoms with van der Waals surface area (Å²) in [6.07, 6.45) is 1.41. The summed E-state index contributed by atoms with van der Waals surface area (Å²) in [5.74, 6) is 2.66. The number of nitrogens with zero attached hydrogens (tertiary/aromatic N) is 3. The molecule has 1 aliphatic rings. The van der Waals surface area contributed by atoms with Crippen molar-refractivity contribution in [2.45, 2.75) is 6.92 Å². The zero-order chi connectivity index (χ0) is 12.4. The summed E-state index contributed by atoms with van der Waals surface area (Å²) in [6.45, 7) is 3.56. The second-order valence-electron chi connectivity index (χ2n) is 4.26. The highest BCUT2D eigenvalue weighted by Gasteiger charge is 2.22. The van der Waals surface area contributed by atoms with Crippen LogP contribution < -0.4 is 10.6 Å². The second kappa shape index (κ2) is 5.18. The minimum Gasteiger partial charge on any atom is -0.382 e. The lowest BCUT2D eigenvalue weighted by Crippen LogP contribution is -2.30. The molecule has 0 aliphatic carbocycles. The molecule has 2 atom stereocenters. The van der Waals surface area contributed by atoms with E-state index in [1.54, 1.807) is 0 Å². The first-order valence-corrected chi connectivity index (χ1v) is 7.30. The molecule has 2 N–H and O–H groups in total. The third-order valence-electron chi connectivity index (χ3n) is 2.69. The van der Waals surface area contributed by atoms with Crippen molar-refractivity contribution in [2.24, 2.45) is 5.92 Å². The number of halogens is 1. The lowest BCUT2D eigenvalue weighted by Gasteiger charge is -2.24. The van der Waals surface area contributed by atoms with E-state index in [4.69, 9.17) is 17.3 Å². The average Bonchev–Trinajstić information content (AvgIpc) is 2.43. The van der Waals surface area contributed by atoms with Crippen LogP contribution in [-0.4, -0.2) is 38.8 Å². The van der Waals surface area contributed by atoms with Crippen LogP contribution in [0.2, 0.25) is 5.02 Å². The van der Waals surface area contributed by atoms with Crippen molar-refractivity contribution in [3.63, 3.8) is 0 Å². The van der Waals surface area contributed by atoms with E-state index in [-0.39, 0.29) is 5.82 Å². The molecular formula is C10H15ClN4OS. The molecular weight excluding hydrogens is 260 g/mol. The van der Waals surface area contributed by atoms with Crippen molar-refractivity contribution in [3.8, 4) is 0 Å². The van der Waals surface area contributed by atoms with Gasteiger partial charge in [-0.15, -0.1) is 0 Å². The molecule has 0 spiro atoms. The summed E-state index contributed by atoms with van der Waals surface area (Å²) in [4.78, 5) is 10.0. The zero-order valence-corrected chi connectivity index (χ0v) is 11.2. The van der Waals surface area contributed by atoms with Crippen LogP contribution in [0, 0.1) is 5.92 Å². The summed E-state index contributed by atoms with van der Waals surface area (Å²) >= 11 is 6.10. The summed E-state index contributed by atoms with van der Waals surface area (Å²) in [5, 5.41) is 0.382. The summed E-state index contributed by atoms with van der Waals surface area (Å²) in [6, 6.07) is 0. The van der Waals surface area contributed by atoms with Gasteiger partial charge in [-0.2, -0.15) is 0 Å². The predicted molar refractivity (Wildman–Crippen MR) is 70.7 cm³/mol. The van der Waals surface area contributed by atoms with Gasteiger partial charge in [0.05, 0.1) is 0 Å². The van der Waals surface area contributed by atoms with Crippen LogP contribution in [0.4, 0.5) is 11.6 Å². The predicted octanol–water partition coefficient (Wildman–Crippen LogP) is 0.917. The van der Waals surface area contributed by atoms with Gasteiger partial charge in [0.25, 0.3) is 0 Å². The number of hydrogen-bond donors (Lipinski definition) is 1. The molecule has 0 radical (unpaired) electrons. The van der Waals surface area contributed by atoms with Gasteiger partial charge in [0.2, 0.25) is 0 Å². The van der Waals surface area contributed by atoms with Crippen LogP contribution in [0.25, 0.3) is 0 Å². The third-order valence-corrected chi connectivity index (χ3v) is 4.63. The zero-order valence-electron chi connectivity index (χ0n) is 9.60. The Hall–Kier alpha value is -0.880. The van der Waals surface area contributed by atoms with Crippen LogP contribution in [-0.2, 0) is 10.8 Å². The normalized spacial score (nSPS) is 25.6. The van der Waals surface area contributed by atoms with Crippen molar-refractivity contribution in [2.75, 3.05) is 35.2 Å². The number of anilines is 2. The Bertz CT molecular complexity index is 442. The Kier molecular flexibility index (Phi) is 3.83. The number of nitrogen functional groups attached to an aromatic ring is 1. The summed E-state index contributed by atoms with van der Waals surface area (Å²) < 4.78 is 11.6. The molecule has 0 amide bonds. The maximum atomic E-state index is 11.6. The minimum atomic E-state index is -0.753. The smallest absolute Gasteiger partial charge is 0.153 e. The maximum Gasteiger partial charge on any atom is 0.153 e. The molecule has 7 heteroatoms. The van der Waals surface area contributed by atoms with Gasteiger partial charge in [-0.25, -0.2) is 9.97 Å². The lowest BCUT2D eigenvalue weighted by molar-refractivity contribution is 0.626. The monoisotopic (exact) mass is 274 g/mol. The largest absolute Gasteiger partial charge is 0.382 e. The Morgan fingerprint density at radius 1 is 1.59 bits per heavy atom. The Balaban J connectivity index is 2.26. The molecule has 17 heavy (non-hydrogen) atoms. The fourth-order valence-electron chi connectivity index (χ4n) is 1.92. The van der Waals surface area contributed by atoms with Crippen molar-refractivity contribution in [1.29, 1.82) is 0 Å². The Morgan fingerprint density at radius 2 is 2.35 bits per heavy atom. The van der Waals surface area contributed by atoms with Crippen molar-refractivity contribution in [1.82, 2.24) is 9.97 Å². The van der Waals surface area contributed by atoms with Gasteiger partial charge in [0.1, 0.15) is 17.2 Å². The topological polar surface area (TPSA) is 72.1 Å². The summed E-state index contributed by atoms with van der Waals surface area (Å²) in [5.41, 5.74) is 5.66. The fraction of sp³-hybridized carbons (Fsp3) is 0.600. The molecule has 2 heterocycles. The molecule has 1 aromatic heterocycles. The molecule has 0 saturated carbocycles. The Labute approximate surface area is 108 Å². The number of rotatable bonds is 1. The van der Waals surface area contributed by atoms with Gasteiger partial charge in [-0.3, -0.25) is 4.21 Å². The highest BCUT2D eigenvalue weighted by Crippen LogP contribution is 2.28. The number of nitrogens with two attached hydrogens (primary N) is 1. The van der Waals surface area contributed by atoms with Crippen molar-refractivity contribution < 1.29 is 4.21 Å². The standard InChI is InChI=1S/C10H15ClN4OS/c1-7-4-15(2-3-17(16)5-7)10-8(11)9(12)13-6-14-10/h6-7H,2-5H2,1H3,(H2,12,13,14). The summed E-state index contributed by atoms with van der Waals surface area (Å²) in [7, 11) is -0.753. The van der Waals surface area contributed by atoms with E-state index in [9.17, 15) is 4.21 Å². The highest BCUT2D eigenvalue weighted by molar-refractivity contribution is 7.85. The first-order valence-electron chi connectivity index (χ1n) is 5.44. The van der Waals surface area contributed by atoms with Crippen LogP contribution in [0.3, 0.4) is 0 Å². The highest BCUT2D eigenvalue weighted by atomic mass is 35.5. The van der Waals surface area contributed by atoms with Crippen LogP contribution in [0.15, 0.2) is 6.33 Å². The molecule has 2 unspecified atom stereocenters. The van der Waals surface area contributed by atoms with Crippen LogP contribution >= 0.6 is 11.6 Å². The number of hydrogen-bond acceptors (Lipinski definition) is 5. The average molecular weight is 275 g/mol. The van der Waals surface area contributed by atoms with E-state index in [0.717, 1.165) is 12.3 Å². The third kappa shape index (κ3) is 2.87. The quantitative estimate of drug-likeness (QED) is 0.824. The maximum absolute atomic E-state index is 11.6. The first kappa shape index (κ1) is 12.6. The van der Waals surface area contributed by atoms with Crippen LogP contribution in [0.5, 0.6) is 0 Å². The molecule has 1 fully saturated rings. The molecule has 0 bridgehead atoms. The van der Waals surface area contributed by atoms with Crippen LogP contribution in [0.1, 0.15) is 6.92 Å². The van der Waals surface area contributed by atoms with E-state index in [1.165, 1.54) is 6.33 Å². The lowest BCUT2D eigenvalue weighted by atomic mass is 10.2.